The third-order valence-corrected chi connectivity index (χ3v) is 11.2. The number of primary amides is 1. The number of nitrogens with two attached hydrogens (primary N) is 1. The minimum Gasteiger partial charge on any atom is -0.507 e. The van der Waals surface area contributed by atoms with E-state index in [1.54, 1.807) is 20.8 Å². The number of Topliss-reactive ketones (excluding diaryl/α,β-unsaturated/α-hetero) is 2. The summed E-state index contributed by atoms with van der Waals surface area (Å²) in [4.78, 5) is 40.7. The Morgan fingerprint density at radius 3 is 2.28 bits per heavy atom. The van der Waals surface area contributed by atoms with E-state index in [1.807, 2.05) is 26.8 Å². The fourth-order valence-electron chi connectivity index (χ4n) is 8.93. The van der Waals surface area contributed by atoms with Gasteiger partial charge in [0, 0.05) is 12.0 Å². The molecule has 1 aromatic carbocycles. The SMILES string of the molecule is CC(C)c1cc(CCCNS(C)(=O)=O)c(O)c2c1C[C@]1(C)C[C@]3(C)[C@@H](C(C)C)C(O)[C@@H](C(N)=O)C(=O)[C@]3(O)C(O)[C@H]1C2=O. The van der Waals surface area contributed by atoms with Crippen LogP contribution in [0.5, 0.6) is 5.75 Å². The first-order valence-corrected chi connectivity index (χ1v) is 16.8. The van der Waals surface area contributed by atoms with Crippen LogP contribution in [0.25, 0.3) is 0 Å². The van der Waals surface area contributed by atoms with E-state index in [0.717, 1.165) is 11.8 Å². The Labute approximate surface area is 253 Å². The van der Waals surface area contributed by atoms with Crippen molar-refractivity contribution in [3.63, 3.8) is 0 Å². The molecule has 1 amide bonds. The molecule has 4 rings (SSSR count). The van der Waals surface area contributed by atoms with Crippen molar-refractivity contribution in [2.75, 3.05) is 12.8 Å². The molecule has 0 saturated heterocycles. The van der Waals surface area contributed by atoms with Crippen molar-refractivity contribution >= 4 is 27.5 Å². The number of aliphatic hydroxyl groups excluding tert-OH is 2. The molecule has 11 nitrogen and oxygen atoms in total. The monoisotopic (exact) mass is 622 g/mol. The van der Waals surface area contributed by atoms with E-state index in [9.17, 15) is 43.2 Å². The van der Waals surface area contributed by atoms with Crippen LogP contribution >= 0.6 is 0 Å². The summed E-state index contributed by atoms with van der Waals surface area (Å²) in [6, 6.07) is 1.84. The summed E-state index contributed by atoms with van der Waals surface area (Å²) in [5, 5.41) is 46.9. The largest absolute Gasteiger partial charge is 0.507 e. The molecular weight excluding hydrogens is 576 g/mol. The number of hydrogen-bond acceptors (Lipinski definition) is 9. The lowest BCUT2D eigenvalue weighted by atomic mass is 9.39. The smallest absolute Gasteiger partial charge is 0.230 e. The number of phenolic OH excluding ortho intramolecular Hbond substituents is 1. The van der Waals surface area contributed by atoms with Crippen LogP contribution in [0.3, 0.4) is 0 Å². The maximum atomic E-state index is 14.4. The summed E-state index contributed by atoms with van der Waals surface area (Å²) in [7, 11) is -3.40. The Morgan fingerprint density at radius 2 is 1.77 bits per heavy atom. The highest BCUT2D eigenvalue weighted by Crippen LogP contribution is 2.66. The molecule has 2 unspecified atom stereocenters. The van der Waals surface area contributed by atoms with E-state index in [1.165, 1.54) is 0 Å². The lowest BCUT2D eigenvalue weighted by molar-refractivity contribution is -0.265. The van der Waals surface area contributed by atoms with Crippen molar-refractivity contribution in [3.8, 4) is 5.75 Å². The number of carbonyl (C=O) groups is 3. The molecule has 0 aliphatic heterocycles. The van der Waals surface area contributed by atoms with Gasteiger partial charge in [-0.2, -0.15) is 0 Å². The zero-order valence-corrected chi connectivity index (χ0v) is 26.8. The Hall–Kier alpha value is -2.38. The molecule has 0 bridgehead atoms. The van der Waals surface area contributed by atoms with Gasteiger partial charge < -0.3 is 26.2 Å². The Balaban J connectivity index is 1.88. The van der Waals surface area contributed by atoms with Crippen LogP contribution in [0, 0.1) is 34.5 Å². The summed E-state index contributed by atoms with van der Waals surface area (Å²) in [6.45, 7) is 11.1. The average Bonchev–Trinajstić information content (AvgIpc) is 2.83. The Kier molecular flexibility index (Phi) is 8.50. The number of aryl methyl sites for hydroxylation is 1. The molecule has 0 radical (unpaired) electrons. The first-order chi connectivity index (χ1) is 19.6. The highest BCUT2D eigenvalue weighted by molar-refractivity contribution is 7.88. The molecule has 12 heteroatoms. The summed E-state index contributed by atoms with van der Waals surface area (Å²) in [5.74, 6) is -7.33. The number of fused-ring (bicyclic) bond motifs is 3. The quantitative estimate of drug-likeness (QED) is 0.182. The highest BCUT2D eigenvalue weighted by Gasteiger charge is 2.76. The summed E-state index contributed by atoms with van der Waals surface area (Å²) >= 11 is 0. The van der Waals surface area contributed by atoms with Crippen LogP contribution < -0.4 is 10.5 Å². The average molecular weight is 623 g/mol. The van der Waals surface area contributed by atoms with Gasteiger partial charge in [-0.15, -0.1) is 0 Å². The number of carbonyl (C=O) groups excluding carboxylic acids is 3. The van der Waals surface area contributed by atoms with Crippen LogP contribution in [0.15, 0.2) is 6.07 Å². The van der Waals surface area contributed by atoms with Gasteiger partial charge in [0.2, 0.25) is 15.9 Å². The lowest BCUT2D eigenvalue weighted by Crippen LogP contribution is -2.79. The van der Waals surface area contributed by atoms with Gasteiger partial charge in [0.25, 0.3) is 0 Å². The zero-order valence-electron chi connectivity index (χ0n) is 26.0. The van der Waals surface area contributed by atoms with Crippen molar-refractivity contribution in [1.82, 2.24) is 4.72 Å². The van der Waals surface area contributed by atoms with Gasteiger partial charge in [0.1, 0.15) is 17.8 Å². The Bertz CT molecular complexity index is 1460. The molecule has 3 aliphatic carbocycles. The third kappa shape index (κ3) is 5.03. The number of sulfonamides is 1. The molecule has 2 fully saturated rings. The number of amides is 1. The minimum absolute atomic E-state index is 0.0288. The molecule has 0 heterocycles. The van der Waals surface area contributed by atoms with Crippen LogP contribution in [0.1, 0.15) is 87.4 Å². The fraction of sp³-hybridized carbons (Fsp3) is 0.710. The van der Waals surface area contributed by atoms with Gasteiger partial charge in [-0.3, -0.25) is 14.4 Å². The van der Waals surface area contributed by atoms with E-state index in [2.05, 4.69) is 4.72 Å². The van der Waals surface area contributed by atoms with E-state index in [4.69, 9.17) is 5.73 Å². The van der Waals surface area contributed by atoms with Crippen molar-refractivity contribution in [3.05, 3.63) is 28.3 Å². The molecule has 2 saturated carbocycles. The number of rotatable bonds is 8. The van der Waals surface area contributed by atoms with Crippen LogP contribution in [-0.4, -0.2) is 76.9 Å². The van der Waals surface area contributed by atoms with Crippen molar-refractivity contribution in [2.24, 2.45) is 40.2 Å². The molecule has 43 heavy (non-hydrogen) atoms. The number of phenols is 1. The molecular formula is C31H46N2O9S. The molecule has 0 spiro atoms. The topological polar surface area (TPSA) is 204 Å². The number of benzene rings is 1. The second-order valence-electron chi connectivity index (χ2n) is 14.2. The highest BCUT2D eigenvalue weighted by atomic mass is 32.2. The van der Waals surface area contributed by atoms with E-state index < -0.39 is 73.9 Å². The minimum atomic E-state index is -3.40. The first kappa shape index (κ1) is 33.5. The predicted molar refractivity (Wildman–Crippen MR) is 159 cm³/mol. The number of aliphatic hydroxyl groups is 3. The normalized spacial score (nSPS) is 36.0. The number of hydrogen-bond donors (Lipinski definition) is 6. The van der Waals surface area contributed by atoms with E-state index in [0.29, 0.717) is 17.5 Å². The lowest BCUT2D eigenvalue weighted by Gasteiger charge is -2.66. The Morgan fingerprint density at radius 1 is 1.16 bits per heavy atom. The van der Waals surface area contributed by atoms with E-state index >= 15 is 0 Å². The standard InChI is InChI=1S/C31H46N2O9S/c1-14(2)17-11-16(9-8-10-33-43(7,41)42)23(34)19-18(17)12-29(5)13-30(6)21(15(3)4)25(36)20(28(32)39)26(37)31(30,40)27(38)22(29)24(19)35/h11,14-15,20-22,25,27,33-34,36,38,40H,8-10,12-13H2,1-7H3,(H2,32,39)/t20-,21+,22-,25?,27?,29-,30-,31+/m1/s1. The number of ketones is 2. The maximum absolute atomic E-state index is 14.4. The van der Waals surface area contributed by atoms with Gasteiger partial charge in [-0.1, -0.05) is 47.6 Å². The predicted octanol–water partition coefficient (Wildman–Crippen LogP) is 1.18. The zero-order chi connectivity index (χ0) is 32.6. The second-order valence-corrected chi connectivity index (χ2v) is 16.1. The maximum Gasteiger partial charge on any atom is 0.230 e. The van der Waals surface area contributed by atoms with Crippen molar-refractivity contribution in [2.45, 2.75) is 91.0 Å². The number of nitrogens with one attached hydrogen (secondary N) is 1. The molecule has 0 aromatic heterocycles. The van der Waals surface area contributed by atoms with Crippen LogP contribution in [-0.2, 0) is 32.5 Å². The first-order valence-electron chi connectivity index (χ1n) is 14.9. The second kappa shape index (κ2) is 10.9. The van der Waals surface area contributed by atoms with Gasteiger partial charge >= 0.3 is 0 Å². The van der Waals surface area contributed by atoms with Gasteiger partial charge in [-0.05, 0) is 65.5 Å². The van der Waals surface area contributed by atoms with Gasteiger partial charge in [-0.25, -0.2) is 13.1 Å². The third-order valence-electron chi connectivity index (χ3n) is 10.5. The molecule has 8 atom stereocenters. The van der Waals surface area contributed by atoms with Crippen LogP contribution in [0.2, 0.25) is 0 Å². The summed E-state index contributed by atoms with van der Waals surface area (Å²) in [6.07, 6.45) is -1.40. The number of aromatic hydroxyl groups is 1. The molecule has 7 N–H and O–H groups in total. The van der Waals surface area contributed by atoms with Crippen molar-refractivity contribution < 1.29 is 43.2 Å². The fourth-order valence-corrected chi connectivity index (χ4v) is 9.44. The van der Waals surface area contributed by atoms with Crippen LogP contribution in [0.4, 0.5) is 0 Å². The van der Waals surface area contributed by atoms with Crippen molar-refractivity contribution in [1.29, 1.82) is 0 Å². The van der Waals surface area contributed by atoms with Gasteiger partial charge in [0.15, 0.2) is 17.2 Å². The molecule has 1 aromatic rings. The molecule has 3 aliphatic rings. The molecule has 240 valence electrons. The van der Waals surface area contributed by atoms with Gasteiger partial charge in [0.05, 0.1) is 23.8 Å². The van der Waals surface area contributed by atoms with E-state index in [-0.39, 0.29) is 49.0 Å². The summed E-state index contributed by atoms with van der Waals surface area (Å²) in [5.41, 5.74) is 2.52. The summed E-state index contributed by atoms with van der Waals surface area (Å²) < 4.78 is 25.4.